The number of fused-ring (bicyclic) bond motifs is 1. The van der Waals surface area contributed by atoms with Crippen LogP contribution in [0, 0.1) is 0 Å². The summed E-state index contributed by atoms with van der Waals surface area (Å²) in [5.74, 6) is 0.566. The van der Waals surface area contributed by atoms with Crippen molar-refractivity contribution in [3.63, 3.8) is 0 Å². The van der Waals surface area contributed by atoms with E-state index in [0.717, 1.165) is 49.8 Å². The maximum atomic E-state index is 13.1. The summed E-state index contributed by atoms with van der Waals surface area (Å²) in [5, 5.41) is 3.15. The van der Waals surface area contributed by atoms with Gasteiger partial charge in [0.1, 0.15) is 0 Å². The molecule has 0 bridgehead atoms. The van der Waals surface area contributed by atoms with Crippen molar-refractivity contribution in [3.8, 4) is 0 Å². The summed E-state index contributed by atoms with van der Waals surface area (Å²) in [6.45, 7) is 2.15. The Morgan fingerprint density at radius 3 is 2.59 bits per heavy atom. The third kappa shape index (κ3) is 3.99. The van der Waals surface area contributed by atoms with Gasteiger partial charge in [-0.1, -0.05) is 31.4 Å². The quantitative estimate of drug-likeness (QED) is 0.881. The highest BCUT2D eigenvalue weighted by molar-refractivity contribution is 5.78. The molecule has 1 aromatic carbocycles. The molecular formula is C21H28N4O2. The Bertz CT molecular complexity index is 864. The number of carbonyl (C=O) groups excluding carboxylic acids is 1. The van der Waals surface area contributed by atoms with Gasteiger partial charge in [0.05, 0.1) is 11.0 Å². The third-order valence-electron chi connectivity index (χ3n) is 5.77. The Hall–Kier alpha value is -2.37. The summed E-state index contributed by atoms with van der Waals surface area (Å²) >= 11 is 0. The molecule has 1 saturated heterocycles. The fourth-order valence-electron chi connectivity index (χ4n) is 4.30. The lowest BCUT2D eigenvalue weighted by atomic mass is 9.95. The molecule has 2 fully saturated rings. The summed E-state index contributed by atoms with van der Waals surface area (Å²) < 4.78 is 1.73. The van der Waals surface area contributed by atoms with E-state index in [1.54, 1.807) is 4.57 Å². The molecule has 0 spiro atoms. The van der Waals surface area contributed by atoms with E-state index in [4.69, 9.17) is 0 Å². The lowest BCUT2D eigenvalue weighted by molar-refractivity contribution is -0.122. The summed E-state index contributed by atoms with van der Waals surface area (Å²) in [5.41, 5.74) is 1.53. The van der Waals surface area contributed by atoms with E-state index >= 15 is 0 Å². The number of nitrogens with one attached hydrogen (secondary N) is 1. The Morgan fingerprint density at radius 2 is 1.81 bits per heavy atom. The summed E-state index contributed by atoms with van der Waals surface area (Å²) in [6.07, 6.45) is 8.31. The summed E-state index contributed by atoms with van der Waals surface area (Å²) in [6, 6.07) is 8.01. The molecule has 0 radical (unpaired) electrons. The average Bonchev–Trinajstić information content (AvgIpc) is 3.22. The first kappa shape index (κ1) is 18.0. The highest BCUT2D eigenvalue weighted by Crippen LogP contribution is 2.19. The van der Waals surface area contributed by atoms with Crippen molar-refractivity contribution in [3.05, 3.63) is 34.6 Å². The van der Waals surface area contributed by atoms with Gasteiger partial charge in [-0.15, -0.1) is 0 Å². The van der Waals surface area contributed by atoms with Gasteiger partial charge in [0.2, 0.25) is 5.91 Å². The number of nitrogens with zero attached hydrogens (tertiary/aromatic N) is 3. The van der Waals surface area contributed by atoms with E-state index in [-0.39, 0.29) is 11.5 Å². The van der Waals surface area contributed by atoms with E-state index in [0.29, 0.717) is 24.8 Å². The Balaban J connectivity index is 1.55. The maximum Gasteiger partial charge on any atom is 0.294 e. The Kier molecular flexibility index (Phi) is 5.41. The molecule has 1 saturated carbocycles. The molecule has 27 heavy (non-hydrogen) atoms. The summed E-state index contributed by atoms with van der Waals surface area (Å²) in [7, 11) is 0. The zero-order valence-corrected chi connectivity index (χ0v) is 15.8. The molecule has 0 unspecified atom stereocenters. The zero-order chi connectivity index (χ0) is 18.6. The van der Waals surface area contributed by atoms with Crippen LogP contribution < -0.4 is 15.8 Å². The molecule has 1 aliphatic heterocycles. The van der Waals surface area contributed by atoms with Crippen LogP contribution in [0.5, 0.6) is 0 Å². The van der Waals surface area contributed by atoms with Crippen LogP contribution in [0.15, 0.2) is 29.1 Å². The predicted octanol–water partition coefficient (Wildman–Crippen LogP) is 2.84. The minimum Gasteiger partial charge on any atom is -0.353 e. The molecule has 1 N–H and O–H groups in total. The minimum atomic E-state index is -0.0823. The number of amides is 1. The first-order chi connectivity index (χ1) is 13.2. The molecule has 4 rings (SSSR count). The van der Waals surface area contributed by atoms with Crippen molar-refractivity contribution < 1.29 is 4.79 Å². The van der Waals surface area contributed by atoms with Crippen LogP contribution in [0.3, 0.4) is 0 Å². The van der Waals surface area contributed by atoms with Gasteiger partial charge in [-0.2, -0.15) is 0 Å². The molecule has 6 nitrogen and oxygen atoms in total. The number of aromatic nitrogens is 2. The van der Waals surface area contributed by atoms with E-state index < -0.39 is 0 Å². The van der Waals surface area contributed by atoms with Gasteiger partial charge in [0.25, 0.3) is 5.56 Å². The van der Waals surface area contributed by atoms with Crippen LogP contribution in [0.1, 0.15) is 51.4 Å². The monoisotopic (exact) mass is 368 g/mol. The number of carbonyl (C=O) groups is 1. The van der Waals surface area contributed by atoms with E-state index in [9.17, 15) is 9.59 Å². The van der Waals surface area contributed by atoms with Crippen LogP contribution in [-0.4, -0.2) is 34.6 Å². The lowest BCUT2D eigenvalue weighted by Gasteiger charge is -2.23. The van der Waals surface area contributed by atoms with E-state index in [1.807, 2.05) is 24.3 Å². The van der Waals surface area contributed by atoms with Crippen molar-refractivity contribution in [2.45, 2.75) is 64.0 Å². The number of hydrogen-bond donors (Lipinski definition) is 1. The van der Waals surface area contributed by atoms with Crippen LogP contribution in [0.2, 0.25) is 0 Å². The van der Waals surface area contributed by atoms with Crippen molar-refractivity contribution in [2.24, 2.45) is 0 Å². The summed E-state index contributed by atoms with van der Waals surface area (Å²) in [4.78, 5) is 32.2. The molecule has 1 aromatic heterocycles. The average molecular weight is 368 g/mol. The number of anilines is 1. The molecule has 1 aliphatic carbocycles. The van der Waals surface area contributed by atoms with Crippen LogP contribution in [-0.2, 0) is 11.3 Å². The standard InChI is InChI=1S/C21H28N4O2/c26-19(22-16-8-2-1-3-9-16)12-15-25-18-11-5-4-10-17(18)23-20(21(25)27)24-13-6-7-14-24/h4-5,10-11,16H,1-3,6-9,12-15H2,(H,22,26). The van der Waals surface area contributed by atoms with Gasteiger partial charge in [0, 0.05) is 32.1 Å². The van der Waals surface area contributed by atoms with Gasteiger partial charge in [-0.3, -0.25) is 9.59 Å². The number of benzene rings is 1. The SMILES string of the molecule is O=C(CCn1c(=O)c(N2CCCC2)nc2ccccc21)NC1CCCCC1. The number of para-hydroxylation sites is 2. The Labute approximate surface area is 159 Å². The number of rotatable bonds is 5. The Morgan fingerprint density at radius 1 is 1.07 bits per heavy atom. The number of hydrogen-bond acceptors (Lipinski definition) is 4. The predicted molar refractivity (Wildman–Crippen MR) is 107 cm³/mol. The van der Waals surface area contributed by atoms with Gasteiger partial charge in [-0.05, 0) is 37.8 Å². The van der Waals surface area contributed by atoms with Crippen molar-refractivity contribution in [2.75, 3.05) is 18.0 Å². The lowest BCUT2D eigenvalue weighted by Crippen LogP contribution is -2.37. The molecular weight excluding hydrogens is 340 g/mol. The molecule has 2 heterocycles. The van der Waals surface area contributed by atoms with Crippen LogP contribution in [0.25, 0.3) is 11.0 Å². The van der Waals surface area contributed by atoms with Gasteiger partial charge in [-0.25, -0.2) is 4.98 Å². The topological polar surface area (TPSA) is 67.2 Å². The second-order valence-electron chi connectivity index (χ2n) is 7.73. The van der Waals surface area contributed by atoms with Crippen molar-refractivity contribution in [1.82, 2.24) is 14.9 Å². The van der Waals surface area contributed by atoms with Crippen molar-refractivity contribution >= 4 is 22.8 Å². The number of aryl methyl sites for hydroxylation is 1. The fraction of sp³-hybridized carbons (Fsp3) is 0.571. The zero-order valence-electron chi connectivity index (χ0n) is 15.8. The first-order valence-electron chi connectivity index (χ1n) is 10.3. The fourth-order valence-corrected chi connectivity index (χ4v) is 4.30. The highest BCUT2D eigenvalue weighted by Gasteiger charge is 2.21. The molecule has 0 atom stereocenters. The smallest absolute Gasteiger partial charge is 0.294 e. The molecule has 2 aromatic rings. The normalized spacial score (nSPS) is 18.1. The molecule has 6 heteroatoms. The van der Waals surface area contributed by atoms with E-state index in [1.165, 1.54) is 19.3 Å². The highest BCUT2D eigenvalue weighted by atomic mass is 16.2. The van der Waals surface area contributed by atoms with Gasteiger partial charge < -0.3 is 14.8 Å². The van der Waals surface area contributed by atoms with E-state index in [2.05, 4.69) is 15.2 Å². The first-order valence-corrected chi connectivity index (χ1v) is 10.3. The molecule has 2 aliphatic rings. The second kappa shape index (κ2) is 8.11. The second-order valence-corrected chi connectivity index (χ2v) is 7.73. The van der Waals surface area contributed by atoms with Crippen LogP contribution in [0.4, 0.5) is 5.82 Å². The van der Waals surface area contributed by atoms with Gasteiger partial charge in [0.15, 0.2) is 5.82 Å². The van der Waals surface area contributed by atoms with Gasteiger partial charge >= 0.3 is 0 Å². The maximum absolute atomic E-state index is 13.1. The van der Waals surface area contributed by atoms with Crippen molar-refractivity contribution in [1.29, 1.82) is 0 Å². The largest absolute Gasteiger partial charge is 0.353 e. The molecule has 144 valence electrons. The third-order valence-corrected chi connectivity index (χ3v) is 5.77. The van der Waals surface area contributed by atoms with Crippen LogP contribution >= 0.6 is 0 Å². The minimum absolute atomic E-state index is 0.0393. The molecule has 1 amide bonds.